The lowest BCUT2D eigenvalue weighted by atomic mass is 9.85. The van der Waals surface area contributed by atoms with E-state index in [4.69, 9.17) is 11.6 Å². The SMILES string of the molecule is ClCc1ccc(-c2ccccc2)c(-c2ccccc2)c1-c1ccccc1.P. The molecule has 0 aromatic heterocycles. The summed E-state index contributed by atoms with van der Waals surface area (Å²) in [4.78, 5) is 0. The molecule has 0 spiro atoms. The minimum Gasteiger partial charge on any atom is -0.153 e. The molecule has 1 atom stereocenters. The average Bonchev–Trinajstić information content (AvgIpc) is 2.74. The highest BCUT2D eigenvalue weighted by Gasteiger charge is 2.17. The van der Waals surface area contributed by atoms with E-state index in [9.17, 15) is 0 Å². The van der Waals surface area contributed by atoms with Crippen LogP contribution >= 0.6 is 21.5 Å². The second kappa shape index (κ2) is 9.00. The van der Waals surface area contributed by atoms with E-state index in [0.717, 1.165) is 5.56 Å². The van der Waals surface area contributed by atoms with Crippen molar-refractivity contribution in [1.29, 1.82) is 0 Å². The molecule has 0 radical (unpaired) electrons. The van der Waals surface area contributed by atoms with Crippen LogP contribution in [0.2, 0.25) is 0 Å². The molecule has 0 aliphatic rings. The summed E-state index contributed by atoms with van der Waals surface area (Å²) in [7, 11) is 0. The molecule has 0 nitrogen and oxygen atoms in total. The minimum absolute atomic E-state index is 0. The summed E-state index contributed by atoms with van der Waals surface area (Å²) >= 11 is 6.34. The van der Waals surface area contributed by atoms with E-state index in [2.05, 4.69) is 97.1 Å². The second-order valence-corrected chi connectivity index (χ2v) is 6.52. The summed E-state index contributed by atoms with van der Waals surface area (Å²) in [5, 5.41) is 0. The topological polar surface area (TPSA) is 0 Å². The summed E-state index contributed by atoms with van der Waals surface area (Å²) in [5.41, 5.74) is 8.44. The van der Waals surface area contributed by atoms with Crippen molar-refractivity contribution in [2.75, 3.05) is 0 Å². The standard InChI is InChI=1S/C25H19Cl.H3P/c26-18-22-16-17-23(19-10-4-1-5-11-19)25(21-14-8-3-9-15-21)24(22)20-12-6-2-7-13-20;/h1-17H,18H2;1H3. The molecule has 0 heterocycles. The maximum Gasteiger partial charge on any atom is 0.0480 e. The van der Waals surface area contributed by atoms with Crippen LogP contribution < -0.4 is 0 Å². The largest absolute Gasteiger partial charge is 0.153 e. The maximum absolute atomic E-state index is 6.34. The van der Waals surface area contributed by atoms with Crippen molar-refractivity contribution >= 4 is 21.5 Å². The van der Waals surface area contributed by atoms with Crippen molar-refractivity contribution in [2.45, 2.75) is 5.88 Å². The van der Waals surface area contributed by atoms with Crippen molar-refractivity contribution in [2.24, 2.45) is 0 Å². The van der Waals surface area contributed by atoms with E-state index in [1.165, 1.54) is 33.4 Å². The van der Waals surface area contributed by atoms with Gasteiger partial charge in [0.15, 0.2) is 0 Å². The molecule has 4 rings (SSSR count). The molecule has 0 bridgehead atoms. The molecule has 134 valence electrons. The van der Waals surface area contributed by atoms with E-state index in [1.807, 2.05) is 6.07 Å². The van der Waals surface area contributed by atoms with Crippen LogP contribution in [0.5, 0.6) is 0 Å². The van der Waals surface area contributed by atoms with E-state index < -0.39 is 0 Å². The molecule has 0 fully saturated rings. The first-order chi connectivity index (χ1) is 12.9. The summed E-state index contributed by atoms with van der Waals surface area (Å²) in [5.74, 6) is 0.485. The quantitative estimate of drug-likeness (QED) is 0.251. The molecule has 4 aromatic rings. The molecular weight excluding hydrogens is 367 g/mol. The van der Waals surface area contributed by atoms with Gasteiger partial charge in [-0.2, -0.15) is 9.90 Å². The normalized spacial score (nSPS) is 10.3. The van der Waals surface area contributed by atoms with Gasteiger partial charge in [-0.05, 0) is 38.9 Å². The van der Waals surface area contributed by atoms with Gasteiger partial charge in [0.2, 0.25) is 0 Å². The van der Waals surface area contributed by atoms with Gasteiger partial charge >= 0.3 is 0 Å². The van der Waals surface area contributed by atoms with E-state index in [0.29, 0.717) is 5.88 Å². The molecule has 1 unspecified atom stereocenters. The van der Waals surface area contributed by atoms with Gasteiger partial charge in [0.25, 0.3) is 0 Å². The number of hydrogen-bond acceptors (Lipinski definition) is 0. The van der Waals surface area contributed by atoms with Crippen LogP contribution in [-0.2, 0) is 5.88 Å². The number of hydrogen-bond donors (Lipinski definition) is 0. The van der Waals surface area contributed by atoms with Gasteiger partial charge in [-0.15, -0.1) is 11.6 Å². The monoisotopic (exact) mass is 388 g/mol. The van der Waals surface area contributed by atoms with Crippen LogP contribution in [0.3, 0.4) is 0 Å². The molecule has 0 aliphatic heterocycles. The van der Waals surface area contributed by atoms with Crippen LogP contribution in [0.1, 0.15) is 5.56 Å². The number of alkyl halides is 1. The second-order valence-electron chi connectivity index (χ2n) is 6.25. The molecule has 0 amide bonds. The van der Waals surface area contributed by atoms with Gasteiger partial charge in [0, 0.05) is 5.88 Å². The zero-order valence-corrected chi connectivity index (χ0v) is 17.3. The van der Waals surface area contributed by atoms with Crippen molar-refractivity contribution in [3.63, 3.8) is 0 Å². The van der Waals surface area contributed by atoms with Crippen LogP contribution in [0.4, 0.5) is 0 Å². The lowest BCUT2D eigenvalue weighted by Crippen LogP contribution is -1.95. The Morgan fingerprint density at radius 2 is 0.926 bits per heavy atom. The third kappa shape index (κ3) is 3.98. The van der Waals surface area contributed by atoms with Gasteiger partial charge in [0.1, 0.15) is 0 Å². The Kier molecular flexibility index (Phi) is 6.45. The Morgan fingerprint density at radius 3 is 1.41 bits per heavy atom. The van der Waals surface area contributed by atoms with E-state index in [1.54, 1.807) is 0 Å². The summed E-state index contributed by atoms with van der Waals surface area (Å²) < 4.78 is 0. The number of benzene rings is 4. The fourth-order valence-electron chi connectivity index (χ4n) is 3.45. The van der Waals surface area contributed by atoms with E-state index in [-0.39, 0.29) is 9.90 Å². The first-order valence-electron chi connectivity index (χ1n) is 8.76. The molecule has 27 heavy (non-hydrogen) atoms. The fourth-order valence-corrected chi connectivity index (χ4v) is 3.68. The summed E-state index contributed by atoms with van der Waals surface area (Å²) in [6.45, 7) is 0. The van der Waals surface area contributed by atoms with Gasteiger partial charge in [-0.3, -0.25) is 0 Å². The molecule has 0 saturated carbocycles. The van der Waals surface area contributed by atoms with Crippen molar-refractivity contribution in [3.05, 3.63) is 109 Å². The zero-order valence-electron chi connectivity index (χ0n) is 15.1. The molecular formula is C25H22ClP. The molecule has 2 heteroatoms. The van der Waals surface area contributed by atoms with E-state index >= 15 is 0 Å². The summed E-state index contributed by atoms with van der Waals surface area (Å²) in [6.07, 6.45) is 0. The van der Waals surface area contributed by atoms with Gasteiger partial charge in [-0.1, -0.05) is 103 Å². The van der Waals surface area contributed by atoms with Gasteiger partial charge in [-0.25, -0.2) is 0 Å². The predicted molar refractivity (Wildman–Crippen MR) is 123 cm³/mol. The first kappa shape index (κ1) is 19.4. The van der Waals surface area contributed by atoms with Crippen molar-refractivity contribution < 1.29 is 0 Å². The molecule has 0 saturated heterocycles. The zero-order chi connectivity index (χ0) is 17.8. The Labute approximate surface area is 169 Å². The smallest absolute Gasteiger partial charge is 0.0480 e. The van der Waals surface area contributed by atoms with Crippen LogP contribution in [0, 0.1) is 0 Å². The third-order valence-electron chi connectivity index (χ3n) is 4.65. The Hall–Kier alpha value is -2.40. The lowest BCUT2D eigenvalue weighted by molar-refractivity contribution is 1.39. The minimum atomic E-state index is 0. The first-order valence-corrected chi connectivity index (χ1v) is 9.30. The average molecular weight is 389 g/mol. The fraction of sp³-hybridized carbons (Fsp3) is 0.0400. The highest BCUT2D eigenvalue weighted by atomic mass is 35.5. The number of rotatable bonds is 4. The van der Waals surface area contributed by atoms with Crippen molar-refractivity contribution in [3.8, 4) is 33.4 Å². The van der Waals surface area contributed by atoms with Crippen LogP contribution in [0.15, 0.2) is 103 Å². The van der Waals surface area contributed by atoms with Crippen molar-refractivity contribution in [1.82, 2.24) is 0 Å². The molecule has 0 N–H and O–H groups in total. The number of halogens is 1. The van der Waals surface area contributed by atoms with Crippen LogP contribution in [-0.4, -0.2) is 0 Å². The van der Waals surface area contributed by atoms with Gasteiger partial charge < -0.3 is 0 Å². The highest BCUT2D eigenvalue weighted by Crippen LogP contribution is 2.42. The predicted octanol–water partition coefficient (Wildman–Crippen LogP) is 7.48. The Balaban J connectivity index is 0.00000210. The maximum atomic E-state index is 6.34. The molecule has 0 aliphatic carbocycles. The molecule has 4 aromatic carbocycles. The summed E-state index contributed by atoms with van der Waals surface area (Å²) in [6, 6.07) is 36.0. The Bertz CT molecular complexity index is 996. The highest BCUT2D eigenvalue weighted by molar-refractivity contribution is 6.92. The Morgan fingerprint density at radius 1 is 0.481 bits per heavy atom. The third-order valence-corrected chi connectivity index (χ3v) is 4.93. The van der Waals surface area contributed by atoms with Gasteiger partial charge in [0.05, 0.1) is 0 Å². The van der Waals surface area contributed by atoms with Crippen LogP contribution in [0.25, 0.3) is 33.4 Å². The lowest BCUT2D eigenvalue weighted by Gasteiger charge is -2.19.